The number of aromatic nitrogens is 2. The van der Waals surface area contributed by atoms with Crippen molar-refractivity contribution in [1.29, 1.82) is 0 Å². The molecule has 4 aromatic rings. The van der Waals surface area contributed by atoms with E-state index >= 15 is 4.39 Å². The number of nitrogens with zero attached hydrogens (tertiary/aromatic N) is 4. The number of carbonyl (C=O) groups is 2. The number of hydrogen-bond donors (Lipinski definition) is 2. The van der Waals surface area contributed by atoms with E-state index in [-0.39, 0.29) is 55.6 Å². The van der Waals surface area contributed by atoms with Crippen LogP contribution in [0.15, 0.2) is 54.7 Å². The second kappa shape index (κ2) is 17.8. The van der Waals surface area contributed by atoms with E-state index in [1.54, 1.807) is 17.0 Å². The van der Waals surface area contributed by atoms with Crippen LogP contribution < -0.4 is 20.1 Å². The van der Waals surface area contributed by atoms with Gasteiger partial charge in [0.25, 0.3) is 11.8 Å². The van der Waals surface area contributed by atoms with Crippen LogP contribution in [0.2, 0.25) is 15.1 Å². The summed E-state index contributed by atoms with van der Waals surface area (Å²) in [7, 11) is 0. The summed E-state index contributed by atoms with van der Waals surface area (Å²) in [4.78, 5) is 39.0. The van der Waals surface area contributed by atoms with Gasteiger partial charge < -0.3 is 29.9 Å². The molecule has 1 aromatic heterocycles. The normalized spacial score (nSPS) is 13.1. The minimum Gasteiger partial charge on any atom is -0.490 e. The monoisotopic (exact) mass is 760 g/mol. The summed E-state index contributed by atoms with van der Waals surface area (Å²) in [5.74, 6) is -2.36. The molecule has 0 unspecified atom stereocenters. The topological polar surface area (TPSA) is 109 Å². The molecular formula is C36H37Cl3F2N6O4. The molecule has 2 N–H and O–H groups in total. The van der Waals surface area contributed by atoms with Crippen LogP contribution in [-0.4, -0.2) is 70.9 Å². The summed E-state index contributed by atoms with van der Waals surface area (Å²) >= 11 is 18.8. The van der Waals surface area contributed by atoms with Crippen molar-refractivity contribution in [2.75, 3.05) is 50.0 Å². The number of piperidine rings is 1. The van der Waals surface area contributed by atoms with Gasteiger partial charge in [-0.1, -0.05) is 41.2 Å². The van der Waals surface area contributed by atoms with E-state index in [1.165, 1.54) is 49.7 Å². The van der Waals surface area contributed by atoms with Crippen LogP contribution >= 0.6 is 34.8 Å². The van der Waals surface area contributed by atoms with E-state index in [9.17, 15) is 14.0 Å². The lowest BCUT2D eigenvalue weighted by molar-refractivity contribution is 0.0772. The first-order valence-electron chi connectivity index (χ1n) is 16.6. The molecule has 10 nitrogen and oxygen atoms in total. The first-order valence-corrected chi connectivity index (χ1v) is 17.7. The predicted octanol–water partition coefficient (Wildman–Crippen LogP) is 9.24. The Kier molecular flexibility index (Phi) is 13.3. The zero-order valence-corrected chi connectivity index (χ0v) is 30.3. The van der Waals surface area contributed by atoms with Crippen molar-refractivity contribution in [1.82, 2.24) is 19.8 Å². The van der Waals surface area contributed by atoms with Crippen molar-refractivity contribution < 1.29 is 27.8 Å². The van der Waals surface area contributed by atoms with E-state index in [4.69, 9.17) is 44.3 Å². The molecule has 1 aliphatic rings. The highest BCUT2D eigenvalue weighted by molar-refractivity contribution is 6.40. The summed E-state index contributed by atoms with van der Waals surface area (Å²) in [6.07, 6.45) is 5.64. The van der Waals surface area contributed by atoms with Gasteiger partial charge in [-0.3, -0.25) is 9.59 Å². The summed E-state index contributed by atoms with van der Waals surface area (Å²) in [5, 5.41) is 5.25. The van der Waals surface area contributed by atoms with Gasteiger partial charge in [-0.25, -0.2) is 13.8 Å². The Balaban J connectivity index is 1.36. The molecule has 51 heavy (non-hydrogen) atoms. The zero-order valence-electron chi connectivity index (χ0n) is 28.1. The third-order valence-corrected chi connectivity index (χ3v) is 9.08. The first-order chi connectivity index (χ1) is 24.6. The summed E-state index contributed by atoms with van der Waals surface area (Å²) in [5.41, 5.74) is 0.435. The molecular weight excluding hydrogens is 725 g/mol. The highest BCUT2D eigenvalue weighted by atomic mass is 35.5. The lowest BCUT2D eigenvalue weighted by Crippen LogP contribution is -2.31. The quantitative estimate of drug-likeness (QED) is 0.123. The number of benzene rings is 3. The van der Waals surface area contributed by atoms with Gasteiger partial charge >= 0.3 is 0 Å². The van der Waals surface area contributed by atoms with Gasteiger partial charge in [-0.2, -0.15) is 4.98 Å². The van der Waals surface area contributed by atoms with Gasteiger partial charge in [0.15, 0.2) is 11.6 Å². The van der Waals surface area contributed by atoms with Crippen LogP contribution in [0.25, 0.3) is 0 Å². The van der Waals surface area contributed by atoms with Gasteiger partial charge in [0.2, 0.25) is 11.8 Å². The Morgan fingerprint density at radius 2 is 1.63 bits per heavy atom. The molecule has 0 saturated carbocycles. The van der Waals surface area contributed by atoms with E-state index in [0.29, 0.717) is 30.9 Å². The van der Waals surface area contributed by atoms with Crippen LogP contribution in [0.3, 0.4) is 0 Å². The average molecular weight is 762 g/mol. The van der Waals surface area contributed by atoms with Crippen molar-refractivity contribution >= 4 is 63.9 Å². The second-order valence-electron chi connectivity index (χ2n) is 11.7. The fourth-order valence-electron chi connectivity index (χ4n) is 5.49. The Morgan fingerprint density at radius 1 is 0.922 bits per heavy atom. The van der Waals surface area contributed by atoms with Gasteiger partial charge in [0, 0.05) is 43.1 Å². The zero-order chi connectivity index (χ0) is 36.5. The number of hydrogen-bond acceptors (Lipinski definition) is 8. The minimum absolute atomic E-state index is 0.0422. The smallest absolute Gasteiger partial charge is 0.262 e. The molecule has 0 atom stereocenters. The SMILES string of the molecule is CCN(CC)C(=O)c1ccc(Oc2nc(Nc3ccc(OCCCN4CCCCC4)c(F)c3)ncc2C(=O)Nc2c(Cl)cc(F)cc2Cl)c(Cl)c1. The summed E-state index contributed by atoms with van der Waals surface area (Å²) in [6, 6.07) is 10.8. The number of nitrogens with one attached hydrogen (secondary N) is 2. The number of rotatable bonds is 14. The first kappa shape index (κ1) is 38.0. The standard InChI is InChI=1S/C36H37Cl3F2N6O4/c1-3-47(4-2)35(49)22-9-11-30(26(37)17-22)51-34-25(33(48)44-32-27(38)18-23(40)19-28(32)39)21-42-36(45-34)43-24-10-12-31(29(41)20-24)50-16-8-15-46-13-6-5-7-14-46/h9-12,17-21H,3-8,13-16H2,1-2H3,(H,44,48)(H,42,43,45). The molecule has 2 amide bonds. The number of ether oxygens (including phenoxy) is 2. The number of carbonyl (C=O) groups excluding carboxylic acids is 2. The Morgan fingerprint density at radius 3 is 2.29 bits per heavy atom. The summed E-state index contributed by atoms with van der Waals surface area (Å²) < 4.78 is 40.5. The summed E-state index contributed by atoms with van der Waals surface area (Å²) in [6.45, 7) is 8.23. The maximum absolute atomic E-state index is 15.0. The van der Waals surface area contributed by atoms with Crippen molar-refractivity contribution in [2.24, 2.45) is 0 Å². The van der Waals surface area contributed by atoms with Crippen LogP contribution in [0.1, 0.15) is 60.2 Å². The molecule has 0 radical (unpaired) electrons. The number of anilines is 3. The third-order valence-electron chi connectivity index (χ3n) is 8.19. The number of halogens is 5. The third kappa shape index (κ3) is 9.97. The lowest BCUT2D eigenvalue weighted by atomic mass is 10.1. The van der Waals surface area contributed by atoms with Crippen LogP contribution in [0.4, 0.5) is 26.1 Å². The van der Waals surface area contributed by atoms with Gasteiger partial charge in [0.1, 0.15) is 17.1 Å². The van der Waals surface area contributed by atoms with Crippen molar-refractivity contribution in [3.63, 3.8) is 0 Å². The fourth-order valence-corrected chi connectivity index (χ4v) is 6.27. The van der Waals surface area contributed by atoms with Crippen LogP contribution in [-0.2, 0) is 0 Å². The Bertz CT molecular complexity index is 1850. The highest BCUT2D eigenvalue weighted by Crippen LogP contribution is 2.35. The van der Waals surface area contributed by atoms with Crippen molar-refractivity contribution in [2.45, 2.75) is 39.5 Å². The number of amides is 2. The van der Waals surface area contributed by atoms with Gasteiger partial charge in [0.05, 0.1) is 27.4 Å². The van der Waals surface area contributed by atoms with Crippen molar-refractivity contribution in [3.05, 3.63) is 92.6 Å². The molecule has 0 aliphatic carbocycles. The molecule has 5 rings (SSSR count). The van der Waals surface area contributed by atoms with E-state index in [1.807, 2.05) is 13.8 Å². The molecule has 270 valence electrons. The molecule has 1 saturated heterocycles. The largest absolute Gasteiger partial charge is 0.490 e. The maximum Gasteiger partial charge on any atom is 0.262 e. The maximum atomic E-state index is 15.0. The van der Waals surface area contributed by atoms with Gasteiger partial charge in [-0.05, 0) is 88.7 Å². The molecule has 0 bridgehead atoms. The highest BCUT2D eigenvalue weighted by Gasteiger charge is 2.22. The molecule has 3 aromatic carbocycles. The Labute approximate surface area is 310 Å². The predicted molar refractivity (Wildman–Crippen MR) is 195 cm³/mol. The number of likely N-dealkylation sites (tertiary alicyclic amines) is 1. The average Bonchev–Trinajstić information content (AvgIpc) is 3.11. The Hall–Kier alpha value is -4.23. The van der Waals surface area contributed by atoms with E-state index in [2.05, 4.69) is 25.5 Å². The van der Waals surface area contributed by atoms with E-state index < -0.39 is 17.5 Å². The molecule has 2 heterocycles. The molecule has 1 fully saturated rings. The van der Waals surface area contributed by atoms with Crippen molar-refractivity contribution in [3.8, 4) is 17.4 Å². The van der Waals surface area contributed by atoms with Crippen LogP contribution in [0.5, 0.6) is 17.4 Å². The van der Waals surface area contributed by atoms with E-state index in [0.717, 1.165) is 38.2 Å². The second-order valence-corrected chi connectivity index (χ2v) is 12.9. The lowest BCUT2D eigenvalue weighted by Gasteiger charge is -2.26. The molecule has 15 heteroatoms. The van der Waals surface area contributed by atoms with Crippen LogP contribution in [0, 0.1) is 11.6 Å². The van der Waals surface area contributed by atoms with Gasteiger partial charge in [-0.15, -0.1) is 0 Å². The molecule has 0 spiro atoms. The minimum atomic E-state index is -0.788. The molecule has 1 aliphatic heterocycles. The fraction of sp³-hybridized carbons (Fsp3) is 0.333.